The fourth-order valence-corrected chi connectivity index (χ4v) is 3.39. The van der Waals surface area contributed by atoms with Gasteiger partial charge in [0.1, 0.15) is 5.82 Å². The number of hydrogen-bond donors (Lipinski definition) is 1. The van der Waals surface area contributed by atoms with Crippen LogP contribution in [0.25, 0.3) is 5.70 Å². The van der Waals surface area contributed by atoms with Crippen molar-refractivity contribution in [2.24, 2.45) is 0 Å². The molecule has 1 aliphatic rings. The summed E-state index contributed by atoms with van der Waals surface area (Å²) in [7, 11) is -3.48. The predicted octanol–water partition coefficient (Wildman–Crippen LogP) is 3.00. The third-order valence-corrected chi connectivity index (χ3v) is 4.77. The molecule has 1 heterocycles. The highest BCUT2D eigenvalue weighted by Crippen LogP contribution is 2.32. The summed E-state index contributed by atoms with van der Waals surface area (Å²) >= 11 is 0. The van der Waals surface area contributed by atoms with Crippen LogP contribution in [0.15, 0.2) is 54.6 Å². The summed E-state index contributed by atoms with van der Waals surface area (Å²) in [6.07, 6.45) is 2.97. The highest BCUT2D eigenvalue weighted by molar-refractivity contribution is 7.88. The van der Waals surface area contributed by atoms with Crippen molar-refractivity contribution in [1.29, 1.82) is 0 Å². The molecule has 3 rings (SSSR count). The second-order valence-electron chi connectivity index (χ2n) is 5.61. The molecule has 0 amide bonds. The summed E-state index contributed by atoms with van der Waals surface area (Å²) in [6.45, 7) is 1.99. The number of aryl methyl sites for hydroxylation is 1. The zero-order valence-electron chi connectivity index (χ0n) is 12.8. The average molecular weight is 332 g/mol. The van der Waals surface area contributed by atoms with Gasteiger partial charge in [0.15, 0.2) is 0 Å². The highest BCUT2D eigenvalue weighted by atomic mass is 32.2. The summed E-state index contributed by atoms with van der Waals surface area (Å²) in [5, 5.41) is 0. The molecule has 1 atom stereocenters. The van der Waals surface area contributed by atoms with Crippen LogP contribution in [0.5, 0.6) is 0 Å². The standard InChI is InChI=1S/C17H17FN2O2S/c1-12-3-5-13(6-4-12)16-11-17(20(19-16)23(2,21)22)14-7-9-15(18)10-8-14/h3-11,17,19H,1-2H3. The lowest BCUT2D eigenvalue weighted by atomic mass is 10.0. The quantitative estimate of drug-likeness (QED) is 0.940. The van der Waals surface area contributed by atoms with Crippen LogP contribution in [0.1, 0.15) is 22.7 Å². The summed E-state index contributed by atoms with van der Waals surface area (Å²) in [6, 6.07) is 13.1. The maximum Gasteiger partial charge on any atom is 0.228 e. The number of benzene rings is 2. The van der Waals surface area contributed by atoms with Crippen LogP contribution >= 0.6 is 0 Å². The molecule has 6 heteroatoms. The van der Waals surface area contributed by atoms with E-state index in [0.29, 0.717) is 11.3 Å². The predicted molar refractivity (Wildman–Crippen MR) is 88.1 cm³/mol. The summed E-state index contributed by atoms with van der Waals surface area (Å²) in [5.41, 5.74) is 6.38. The summed E-state index contributed by atoms with van der Waals surface area (Å²) in [4.78, 5) is 0. The van der Waals surface area contributed by atoms with E-state index in [4.69, 9.17) is 0 Å². The first-order valence-electron chi connectivity index (χ1n) is 7.15. The minimum absolute atomic E-state index is 0.353. The fraction of sp³-hybridized carbons (Fsp3) is 0.176. The molecule has 2 aromatic rings. The van der Waals surface area contributed by atoms with Crippen molar-refractivity contribution in [2.45, 2.75) is 13.0 Å². The van der Waals surface area contributed by atoms with Crippen molar-refractivity contribution in [2.75, 3.05) is 6.26 Å². The van der Waals surface area contributed by atoms with E-state index in [1.165, 1.54) is 16.5 Å². The Morgan fingerprint density at radius 2 is 1.65 bits per heavy atom. The fourth-order valence-electron chi connectivity index (χ4n) is 2.53. The average Bonchev–Trinajstić information content (AvgIpc) is 2.94. The van der Waals surface area contributed by atoms with Gasteiger partial charge in [-0.3, -0.25) is 0 Å². The molecule has 0 aromatic heterocycles. The molecule has 1 unspecified atom stereocenters. The van der Waals surface area contributed by atoms with Crippen LogP contribution < -0.4 is 5.43 Å². The minimum Gasteiger partial charge on any atom is -0.304 e. The number of rotatable bonds is 3. The van der Waals surface area contributed by atoms with Crippen LogP contribution in [0.4, 0.5) is 4.39 Å². The molecule has 4 nitrogen and oxygen atoms in total. The number of hydrazine groups is 1. The molecular weight excluding hydrogens is 315 g/mol. The number of nitrogens with one attached hydrogen (secondary N) is 1. The maximum atomic E-state index is 13.1. The van der Waals surface area contributed by atoms with Gasteiger partial charge in [0.05, 0.1) is 18.0 Å². The number of sulfonamides is 1. The van der Waals surface area contributed by atoms with E-state index < -0.39 is 16.1 Å². The van der Waals surface area contributed by atoms with Crippen LogP contribution in [0.3, 0.4) is 0 Å². The van der Waals surface area contributed by atoms with E-state index in [-0.39, 0.29) is 5.82 Å². The van der Waals surface area contributed by atoms with Crippen LogP contribution in [0.2, 0.25) is 0 Å². The topological polar surface area (TPSA) is 49.4 Å². The van der Waals surface area contributed by atoms with Crippen molar-refractivity contribution >= 4 is 15.7 Å². The number of nitrogens with zero attached hydrogens (tertiary/aromatic N) is 1. The van der Waals surface area contributed by atoms with Gasteiger partial charge in [0.25, 0.3) is 0 Å². The molecule has 0 saturated carbocycles. The first kappa shape index (κ1) is 15.7. The Balaban J connectivity index is 2.02. The van der Waals surface area contributed by atoms with Crippen molar-refractivity contribution in [3.63, 3.8) is 0 Å². The Labute approximate surface area is 135 Å². The molecular formula is C17H17FN2O2S. The van der Waals surface area contributed by atoms with Gasteiger partial charge in [-0.15, -0.1) is 4.41 Å². The van der Waals surface area contributed by atoms with Gasteiger partial charge in [0.2, 0.25) is 10.0 Å². The van der Waals surface area contributed by atoms with Crippen molar-refractivity contribution < 1.29 is 12.8 Å². The molecule has 2 aromatic carbocycles. The highest BCUT2D eigenvalue weighted by Gasteiger charge is 2.33. The third-order valence-electron chi connectivity index (χ3n) is 3.74. The monoisotopic (exact) mass is 332 g/mol. The van der Waals surface area contributed by atoms with Gasteiger partial charge in [-0.2, -0.15) is 0 Å². The number of hydrogen-bond acceptors (Lipinski definition) is 3. The number of halogens is 1. The van der Waals surface area contributed by atoms with E-state index in [1.54, 1.807) is 12.1 Å². The zero-order chi connectivity index (χ0) is 16.6. The van der Waals surface area contributed by atoms with Gasteiger partial charge in [-0.1, -0.05) is 42.0 Å². The first-order valence-corrected chi connectivity index (χ1v) is 9.00. The van der Waals surface area contributed by atoms with Crippen molar-refractivity contribution in [3.8, 4) is 0 Å². The van der Waals surface area contributed by atoms with Crippen LogP contribution in [-0.4, -0.2) is 19.1 Å². The Bertz CT molecular complexity index is 843. The second kappa shape index (κ2) is 5.79. The molecule has 1 aliphatic heterocycles. The largest absolute Gasteiger partial charge is 0.304 e. The van der Waals surface area contributed by atoms with E-state index in [0.717, 1.165) is 17.4 Å². The molecule has 120 valence electrons. The van der Waals surface area contributed by atoms with E-state index in [1.807, 2.05) is 37.3 Å². The molecule has 0 spiro atoms. The SMILES string of the molecule is Cc1ccc(C2=CC(c3ccc(F)cc3)N(S(C)(=O)=O)N2)cc1. The molecule has 0 radical (unpaired) electrons. The third kappa shape index (κ3) is 3.28. The Hall–Kier alpha value is -2.18. The second-order valence-corrected chi connectivity index (χ2v) is 7.47. The summed E-state index contributed by atoms with van der Waals surface area (Å²) < 4.78 is 38.5. The van der Waals surface area contributed by atoms with Gasteiger partial charge in [-0.05, 0) is 36.3 Å². The molecule has 23 heavy (non-hydrogen) atoms. The van der Waals surface area contributed by atoms with Crippen molar-refractivity contribution in [3.05, 3.63) is 77.1 Å². The van der Waals surface area contributed by atoms with Crippen molar-refractivity contribution in [1.82, 2.24) is 9.84 Å². The van der Waals surface area contributed by atoms with Gasteiger partial charge >= 0.3 is 0 Å². The van der Waals surface area contributed by atoms with E-state index in [2.05, 4.69) is 5.43 Å². The van der Waals surface area contributed by atoms with E-state index >= 15 is 0 Å². The van der Waals surface area contributed by atoms with Gasteiger partial charge in [0, 0.05) is 0 Å². The van der Waals surface area contributed by atoms with Gasteiger partial charge in [-0.25, -0.2) is 12.8 Å². The minimum atomic E-state index is -3.48. The summed E-state index contributed by atoms with van der Waals surface area (Å²) in [5.74, 6) is -0.353. The van der Waals surface area contributed by atoms with E-state index in [9.17, 15) is 12.8 Å². The normalized spacial score (nSPS) is 18.6. The smallest absolute Gasteiger partial charge is 0.228 e. The molecule has 0 saturated heterocycles. The maximum absolute atomic E-state index is 13.1. The van der Waals surface area contributed by atoms with Gasteiger partial charge < -0.3 is 5.43 Å². The molecule has 0 aliphatic carbocycles. The first-order chi connectivity index (χ1) is 10.8. The van der Waals surface area contributed by atoms with Crippen LogP contribution in [0, 0.1) is 12.7 Å². The molecule has 1 N–H and O–H groups in total. The lowest BCUT2D eigenvalue weighted by Gasteiger charge is -2.22. The Morgan fingerprint density at radius 1 is 1.04 bits per heavy atom. The Morgan fingerprint density at radius 3 is 2.22 bits per heavy atom. The van der Waals surface area contributed by atoms with Crippen LogP contribution in [-0.2, 0) is 10.0 Å². The zero-order valence-corrected chi connectivity index (χ0v) is 13.6. The lowest BCUT2D eigenvalue weighted by Crippen LogP contribution is -2.38. The molecule has 0 fully saturated rings. The molecule has 0 bridgehead atoms. The Kier molecular flexibility index (Phi) is 3.95. The lowest BCUT2D eigenvalue weighted by molar-refractivity contribution is 0.351.